The minimum atomic E-state index is -1.74. The molecule has 1 aromatic carbocycles. The Kier molecular flexibility index (Phi) is 17.2. The molecule has 5 N–H and O–H groups in total. The van der Waals surface area contributed by atoms with Crippen molar-refractivity contribution in [2.75, 3.05) is 39.6 Å². The van der Waals surface area contributed by atoms with Crippen LogP contribution in [-0.2, 0) is 36.7 Å². The summed E-state index contributed by atoms with van der Waals surface area (Å²) in [5.41, 5.74) is -1.16. The van der Waals surface area contributed by atoms with E-state index in [1.165, 1.54) is 14.0 Å². The van der Waals surface area contributed by atoms with Gasteiger partial charge >= 0.3 is 5.97 Å². The highest BCUT2D eigenvalue weighted by molar-refractivity contribution is 7.13. The largest absolute Gasteiger partial charge is 0.459 e. The van der Waals surface area contributed by atoms with Crippen LogP contribution in [-0.4, -0.2) is 142 Å². The van der Waals surface area contributed by atoms with Crippen molar-refractivity contribution < 1.29 is 44.2 Å². The highest BCUT2D eigenvalue weighted by Gasteiger charge is 2.50. The number of carbonyl (C=O) groups is 1. The molecule has 13 nitrogen and oxygen atoms in total. The molecule has 0 bridgehead atoms. The summed E-state index contributed by atoms with van der Waals surface area (Å²) in [5, 5.41) is 54.2. The molecule has 0 unspecified atom stereocenters. The second kappa shape index (κ2) is 20.5. The summed E-state index contributed by atoms with van der Waals surface area (Å²) in [6.07, 6.45) is -4.56. The molecule has 2 fully saturated rings. The number of cyclic esters (lactones) is 1. The summed E-state index contributed by atoms with van der Waals surface area (Å²) in [5.74, 6) is -2.14. The van der Waals surface area contributed by atoms with Gasteiger partial charge in [0, 0.05) is 61.6 Å². The first-order valence-corrected chi connectivity index (χ1v) is 21.6. The van der Waals surface area contributed by atoms with Crippen LogP contribution in [0, 0.1) is 17.8 Å². The van der Waals surface area contributed by atoms with Crippen molar-refractivity contribution >= 4 is 34.0 Å². The lowest BCUT2D eigenvalue weighted by Crippen LogP contribution is -2.59. The standard InChI is InChI=1S/C42H69ClN4O9S/c1-12-33-42(8,52)36(49)28(6)47(10)22-24(2)20-41(7,51)37(26(4)35(53-11)27(5)38(50)55-33)56-39-34(48)32(19-25(3)54-39)46(9)18-17-31-23-57-40(45-31)44-21-29-13-15-30(43)16-14-29/h13-16,23-28,32-37,39,48-49,51-52H,12,17-22H2,1-11H3,(H,44,45)/t24-,25-,26+,27-,28-,32+,33-,34-,35+,36-,37-,39+,41-,42-/m1/s1. The number of ether oxygens (including phenoxy) is 4. The lowest BCUT2D eigenvalue weighted by atomic mass is 9.78. The first kappa shape index (κ1) is 47.7. The molecule has 2 aromatic rings. The molecule has 0 amide bonds. The van der Waals surface area contributed by atoms with Crippen LogP contribution in [0.5, 0.6) is 0 Å². The molecule has 324 valence electrons. The number of anilines is 1. The number of likely N-dealkylation sites (N-methyl/N-ethyl adjacent to an activating group) is 2. The topological polar surface area (TPSA) is 166 Å². The Morgan fingerprint density at radius 2 is 1.79 bits per heavy atom. The van der Waals surface area contributed by atoms with E-state index in [-0.39, 0.29) is 30.9 Å². The van der Waals surface area contributed by atoms with Gasteiger partial charge in [-0.3, -0.25) is 4.79 Å². The number of halogens is 1. The van der Waals surface area contributed by atoms with Crippen LogP contribution >= 0.6 is 22.9 Å². The maximum atomic E-state index is 13.8. The van der Waals surface area contributed by atoms with Crippen LogP contribution in [0.25, 0.3) is 0 Å². The summed E-state index contributed by atoms with van der Waals surface area (Å²) in [6, 6.07) is 6.89. The lowest BCUT2D eigenvalue weighted by molar-refractivity contribution is -0.300. The highest BCUT2D eigenvalue weighted by Crippen LogP contribution is 2.37. The molecule has 0 radical (unpaired) electrons. The molecule has 15 heteroatoms. The lowest BCUT2D eigenvalue weighted by Gasteiger charge is -2.47. The van der Waals surface area contributed by atoms with Crippen molar-refractivity contribution in [2.45, 2.75) is 154 Å². The number of hydrogen-bond donors (Lipinski definition) is 5. The third-order valence-corrected chi connectivity index (χ3v) is 13.3. The molecule has 2 aliphatic heterocycles. The molecule has 1 aromatic heterocycles. The van der Waals surface area contributed by atoms with Gasteiger partial charge in [-0.1, -0.05) is 44.5 Å². The summed E-state index contributed by atoms with van der Waals surface area (Å²) in [6.45, 7) is 16.1. The number of carbonyl (C=O) groups excluding carboxylic acids is 1. The van der Waals surface area contributed by atoms with Crippen LogP contribution in [0.1, 0.15) is 85.9 Å². The molecule has 57 heavy (non-hydrogen) atoms. The van der Waals surface area contributed by atoms with Crippen molar-refractivity contribution in [3.63, 3.8) is 0 Å². The summed E-state index contributed by atoms with van der Waals surface area (Å²) >= 11 is 7.57. The number of rotatable bonds is 11. The second-order valence-corrected chi connectivity index (χ2v) is 18.5. The van der Waals surface area contributed by atoms with E-state index in [1.807, 2.05) is 76.3 Å². The van der Waals surface area contributed by atoms with Crippen molar-refractivity contribution in [2.24, 2.45) is 17.8 Å². The van der Waals surface area contributed by atoms with E-state index in [1.54, 1.807) is 32.1 Å². The number of aromatic nitrogens is 1. The fourth-order valence-corrected chi connectivity index (χ4v) is 9.68. The molecule has 14 atom stereocenters. The Bertz CT molecular complexity index is 1550. The second-order valence-electron chi connectivity index (χ2n) is 17.2. The van der Waals surface area contributed by atoms with Crippen molar-refractivity contribution in [1.82, 2.24) is 14.8 Å². The number of hydrogen-bond acceptors (Lipinski definition) is 14. The predicted octanol–water partition coefficient (Wildman–Crippen LogP) is 4.96. The summed E-state index contributed by atoms with van der Waals surface area (Å²) in [4.78, 5) is 22.6. The number of thiazole rings is 1. The molecule has 4 rings (SSSR count). The van der Waals surface area contributed by atoms with E-state index in [2.05, 4.69) is 10.2 Å². The third-order valence-electron chi connectivity index (χ3n) is 12.2. The first-order chi connectivity index (χ1) is 26.7. The van der Waals surface area contributed by atoms with Crippen LogP contribution in [0.15, 0.2) is 29.6 Å². The van der Waals surface area contributed by atoms with Crippen LogP contribution < -0.4 is 5.32 Å². The average Bonchev–Trinajstić information content (AvgIpc) is 3.62. The summed E-state index contributed by atoms with van der Waals surface area (Å²) < 4.78 is 24.9. The number of benzene rings is 1. The van der Waals surface area contributed by atoms with Gasteiger partial charge in [0.1, 0.15) is 23.9 Å². The van der Waals surface area contributed by atoms with Gasteiger partial charge < -0.3 is 54.5 Å². The van der Waals surface area contributed by atoms with Crippen LogP contribution in [0.2, 0.25) is 5.02 Å². The molecule has 0 aliphatic carbocycles. The molecule has 2 saturated heterocycles. The normalized spacial score (nSPS) is 38.0. The Hall–Kier alpha value is -1.95. The number of esters is 1. The van der Waals surface area contributed by atoms with Gasteiger partial charge in [-0.05, 0) is 91.6 Å². The SMILES string of the molecule is CC[C@H]1OC(=O)[C@H](C)[C@@H](OC)[C@H](C)[C@@H](O[C@@H]2O[C@H](C)C[C@H](N(C)CCc3csc(NCc4ccc(Cl)cc4)n3)[C@H]2O)[C@](C)(O)C[C@@H](C)CN(C)[C@H](C)[C@@H](O)[C@]1(C)O. The Morgan fingerprint density at radius 3 is 2.42 bits per heavy atom. The van der Waals surface area contributed by atoms with Gasteiger partial charge in [0.05, 0.1) is 35.5 Å². The third kappa shape index (κ3) is 12.1. The van der Waals surface area contributed by atoms with E-state index < -0.39 is 71.9 Å². The average molecular weight is 842 g/mol. The number of methoxy groups -OCH3 is 1. The smallest absolute Gasteiger partial charge is 0.311 e. The Balaban J connectivity index is 1.53. The maximum absolute atomic E-state index is 13.8. The molecule has 3 heterocycles. The van der Waals surface area contributed by atoms with Gasteiger partial charge in [0.25, 0.3) is 0 Å². The zero-order valence-corrected chi connectivity index (χ0v) is 37.3. The number of aliphatic hydroxyl groups excluding tert-OH is 2. The van der Waals surface area contributed by atoms with Gasteiger partial charge in [-0.2, -0.15) is 0 Å². The van der Waals surface area contributed by atoms with E-state index in [4.69, 9.17) is 35.5 Å². The molecular weight excluding hydrogens is 772 g/mol. The first-order valence-electron chi connectivity index (χ1n) is 20.4. The summed E-state index contributed by atoms with van der Waals surface area (Å²) in [7, 11) is 5.34. The number of nitrogens with zero attached hydrogens (tertiary/aromatic N) is 3. The minimum Gasteiger partial charge on any atom is -0.459 e. The maximum Gasteiger partial charge on any atom is 0.311 e. The van der Waals surface area contributed by atoms with E-state index in [0.29, 0.717) is 37.5 Å². The van der Waals surface area contributed by atoms with E-state index in [9.17, 15) is 25.2 Å². The fraction of sp³-hybridized carbons (Fsp3) is 0.762. The number of nitrogens with one attached hydrogen (secondary N) is 1. The van der Waals surface area contributed by atoms with Crippen molar-refractivity contribution in [1.29, 1.82) is 0 Å². The van der Waals surface area contributed by atoms with Crippen molar-refractivity contribution in [3.8, 4) is 0 Å². The molecule has 0 spiro atoms. The van der Waals surface area contributed by atoms with Gasteiger partial charge in [0.15, 0.2) is 11.4 Å². The fourth-order valence-electron chi connectivity index (χ4n) is 8.81. The monoisotopic (exact) mass is 840 g/mol. The molecular formula is C42H69ClN4O9S. The zero-order valence-electron chi connectivity index (χ0n) is 35.7. The van der Waals surface area contributed by atoms with Gasteiger partial charge in [-0.15, -0.1) is 11.3 Å². The van der Waals surface area contributed by atoms with E-state index in [0.717, 1.165) is 16.4 Å². The quantitative estimate of drug-likeness (QED) is 0.193. The minimum absolute atomic E-state index is 0.0971. The van der Waals surface area contributed by atoms with Crippen LogP contribution in [0.4, 0.5) is 5.13 Å². The Labute approximate surface area is 349 Å². The van der Waals surface area contributed by atoms with Crippen molar-refractivity contribution in [3.05, 3.63) is 45.9 Å². The molecule has 2 aliphatic rings. The van der Waals surface area contributed by atoms with Gasteiger partial charge in [0.2, 0.25) is 0 Å². The predicted molar refractivity (Wildman–Crippen MR) is 223 cm³/mol. The highest BCUT2D eigenvalue weighted by atomic mass is 35.5. The zero-order chi connectivity index (χ0) is 42.4. The Morgan fingerprint density at radius 1 is 1.12 bits per heavy atom. The number of aliphatic hydroxyl groups is 4. The van der Waals surface area contributed by atoms with Gasteiger partial charge in [-0.25, -0.2) is 4.98 Å². The molecule has 0 saturated carbocycles. The van der Waals surface area contributed by atoms with E-state index >= 15 is 0 Å². The van der Waals surface area contributed by atoms with Crippen LogP contribution in [0.3, 0.4) is 0 Å².